The molecule has 2 aromatic rings. The number of aromatic nitrogens is 1. The zero-order valence-corrected chi connectivity index (χ0v) is 13.3. The first-order valence-corrected chi connectivity index (χ1v) is 8.57. The van der Waals surface area contributed by atoms with Crippen molar-refractivity contribution in [3.63, 3.8) is 0 Å². The summed E-state index contributed by atoms with van der Waals surface area (Å²) in [6, 6.07) is 6.06. The first-order valence-electron chi connectivity index (χ1n) is 6.25. The summed E-state index contributed by atoms with van der Waals surface area (Å²) in [5.41, 5.74) is -0.0945. The average molecular weight is 342 g/mol. The highest BCUT2D eigenvalue weighted by Gasteiger charge is 2.21. The van der Waals surface area contributed by atoms with Crippen LogP contribution in [0.3, 0.4) is 0 Å². The third-order valence-electron chi connectivity index (χ3n) is 2.85. The number of nitrogens with one attached hydrogen (secondary N) is 1. The summed E-state index contributed by atoms with van der Waals surface area (Å²) in [7, 11) is -1.97. The van der Waals surface area contributed by atoms with E-state index in [9.17, 15) is 18.5 Å². The second kappa shape index (κ2) is 6.81. The molecule has 0 aliphatic carbocycles. The summed E-state index contributed by atoms with van der Waals surface area (Å²) in [4.78, 5) is 13.9. The minimum absolute atomic E-state index is 0.0945. The van der Waals surface area contributed by atoms with Gasteiger partial charge in [0, 0.05) is 26.2 Å². The van der Waals surface area contributed by atoms with Gasteiger partial charge in [0.05, 0.1) is 4.92 Å². The largest absolute Gasteiger partial charge is 0.369 e. The first kappa shape index (κ1) is 16.3. The number of pyridine rings is 1. The monoisotopic (exact) mass is 342 g/mol. The summed E-state index contributed by atoms with van der Waals surface area (Å²) < 4.78 is 25.9. The van der Waals surface area contributed by atoms with E-state index in [0.717, 1.165) is 6.20 Å². The Morgan fingerprint density at radius 2 is 2.18 bits per heavy atom. The maximum Gasteiger partial charge on any atom is 0.287 e. The number of hydrogen-bond acceptors (Lipinski definition) is 7. The van der Waals surface area contributed by atoms with E-state index in [-0.39, 0.29) is 12.2 Å². The maximum atomic E-state index is 12.2. The van der Waals surface area contributed by atoms with Crippen LogP contribution in [0.25, 0.3) is 0 Å². The van der Waals surface area contributed by atoms with E-state index >= 15 is 0 Å². The first-order chi connectivity index (χ1) is 10.4. The molecule has 0 aliphatic rings. The molecule has 0 saturated heterocycles. The lowest BCUT2D eigenvalue weighted by Gasteiger charge is -2.16. The van der Waals surface area contributed by atoms with Crippen molar-refractivity contribution in [3.05, 3.63) is 46.0 Å². The molecule has 0 saturated carbocycles. The molecular formula is C12H14N4O4S2. The predicted octanol–water partition coefficient (Wildman–Crippen LogP) is 1.78. The highest BCUT2D eigenvalue weighted by molar-refractivity contribution is 7.91. The van der Waals surface area contributed by atoms with Crippen LogP contribution in [0.15, 0.2) is 40.1 Å². The summed E-state index contributed by atoms with van der Waals surface area (Å²) in [6.45, 7) is 0.588. The molecule has 0 atom stereocenters. The van der Waals surface area contributed by atoms with Gasteiger partial charge in [-0.1, -0.05) is 6.07 Å². The van der Waals surface area contributed by atoms with Gasteiger partial charge in [0.2, 0.25) is 0 Å². The van der Waals surface area contributed by atoms with Crippen molar-refractivity contribution in [1.82, 2.24) is 9.29 Å². The van der Waals surface area contributed by atoms with Crippen LogP contribution < -0.4 is 5.32 Å². The Balaban J connectivity index is 1.89. The normalized spacial score (nSPS) is 11.5. The van der Waals surface area contributed by atoms with Crippen molar-refractivity contribution >= 4 is 32.9 Å². The summed E-state index contributed by atoms with van der Waals surface area (Å²) >= 11 is 1.17. The van der Waals surface area contributed by atoms with Crippen molar-refractivity contribution in [2.45, 2.75) is 4.21 Å². The minimum atomic E-state index is -3.47. The molecule has 10 heteroatoms. The van der Waals surface area contributed by atoms with Gasteiger partial charge in [-0.15, -0.1) is 11.3 Å². The fourth-order valence-electron chi connectivity index (χ4n) is 1.62. The van der Waals surface area contributed by atoms with Gasteiger partial charge in [-0.25, -0.2) is 13.4 Å². The van der Waals surface area contributed by atoms with Crippen LogP contribution in [-0.2, 0) is 10.0 Å². The lowest BCUT2D eigenvalue weighted by Crippen LogP contribution is -2.31. The van der Waals surface area contributed by atoms with Crippen LogP contribution in [0.1, 0.15) is 0 Å². The zero-order valence-electron chi connectivity index (χ0n) is 11.7. The molecule has 0 aliphatic heterocycles. The molecule has 2 heterocycles. The van der Waals surface area contributed by atoms with Crippen LogP contribution in [0.2, 0.25) is 0 Å². The van der Waals surface area contributed by atoms with Gasteiger partial charge in [-0.05, 0) is 17.5 Å². The number of nitrogens with zero attached hydrogens (tertiary/aromatic N) is 3. The molecule has 0 fully saturated rings. The van der Waals surface area contributed by atoms with E-state index in [2.05, 4.69) is 10.3 Å². The molecule has 2 rings (SSSR count). The standard InChI is InChI=1S/C12H14N4O4S2/c1-15(22(19,20)12-3-2-8-21-12)7-6-13-11-5-4-10(9-14-11)16(17)18/h2-5,8-9H,6-7H2,1H3,(H,13,14). The van der Waals surface area contributed by atoms with Crippen molar-refractivity contribution in [3.8, 4) is 0 Å². The van der Waals surface area contributed by atoms with Gasteiger partial charge in [0.15, 0.2) is 0 Å². The Hall–Kier alpha value is -2.04. The molecule has 0 aromatic carbocycles. The smallest absolute Gasteiger partial charge is 0.287 e. The van der Waals surface area contributed by atoms with Crippen LogP contribution >= 0.6 is 11.3 Å². The Morgan fingerprint density at radius 3 is 2.73 bits per heavy atom. The Bertz CT molecular complexity index is 729. The molecular weight excluding hydrogens is 328 g/mol. The number of sulfonamides is 1. The van der Waals surface area contributed by atoms with Crippen molar-refractivity contribution in [2.24, 2.45) is 0 Å². The average Bonchev–Trinajstić information content (AvgIpc) is 3.02. The fourth-order valence-corrected chi connectivity index (χ4v) is 4.00. The van der Waals surface area contributed by atoms with Crippen LogP contribution in [0.5, 0.6) is 0 Å². The maximum absolute atomic E-state index is 12.2. The Kier molecular flexibility index (Phi) is 5.06. The van der Waals surface area contributed by atoms with Gasteiger partial charge >= 0.3 is 0 Å². The SMILES string of the molecule is CN(CCNc1ccc([N+](=O)[O-])cn1)S(=O)(=O)c1cccs1. The number of nitro groups is 1. The van der Waals surface area contributed by atoms with E-state index in [1.54, 1.807) is 17.5 Å². The van der Waals surface area contributed by atoms with E-state index in [1.165, 1.54) is 34.8 Å². The minimum Gasteiger partial charge on any atom is -0.369 e. The van der Waals surface area contributed by atoms with Gasteiger partial charge in [-0.3, -0.25) is 10.1 Å². The third kappa shape index (κ3) is 3.78. The summed E-state index contributed by atoms with van der Waals surface area (Å²) in [6.07, 6.45) is 1.15. The second-order valence-corrected chi connectivity index (χ2v) is 7.56. The van der Waals surface area contributed by atoms with Crippen molar-refractivity contribution < 1.29 is 13.3 Å². The summed E-state index contributed by atoms with van der Waals surface area (Å²) in [5, 5.41) is 15.1. The highest BCUT2D eigenvalue weighted by atomic mass is 32.2. The van der Waals surface area contributed by atoms with E-state index in [1.807, 2.05) is 0 Å². The zero-order chi connectivity index (χ0) is 16.2. The number of anilines is 1. The van der Waals surface area contributed by atoms with E-state index < -0.39 is 14.9 Å². The third-order valence-corrected chi connectivity index (χ3v) is 6.08. The van der Waals surface area contributed by atoms with Crippen LogP contribution in [0, 0.1) is 10.1 Å². The molecule has 1 N–H and O–H groups in total. The van der Waals surface area contributed by atoms with Gasteiger partial charge in [0.1, 0.15) is 16.2 Å². The van der Waals surface area contributed by atoms with Crippen LogP contribution in [-0.4, -0.2) is 42.8 Å². The second-order valence-electron chi connectivity index (χ2n) is 4.34. The number of rotatable bonds is 7. The van der Waals surface area contributed by atoms with Crippen molar-refractivity contribution in [2.75, 3.05) is 25.5 Å². The lowest BCUT2D eigenvalue weighted by atomic mass is 10.4. The quantitative estimate of drug-likeness (QED) is 0.607. The van der Waals surface area contributed by atoms with Gasteiger partial charge in [-0.2, -0.15) is 4.31 Å². The molecule has 0 spiro atoms. The van der Waals surface area contributed by atoms with Crippen molar-refractivity contribution in [1.29, 1.82) is 0 Å². The molecule has 8 nitrogen and oxygen atoms in total. The van der Waals surface area contributed by atoms with E-state index in [4.69, 9.17) is 0 Å². The molecule has 0 bridgehead atoms. The number of hydrogen-bond donors (Lipinski definition) is 1. The van der Waals surface area contributed by atoms with E-state index in [0.29, 0.717) is 16.6 Å². The molecule has 2 aromatic heterocycles. The molecule has 0 unspecified atom stereocenters. The predicted molar refractivity (Wildman–Crippen MR) is 83.5 cm³/mol. The molecule has 22 heavy (non-hydrogen) atoms. The Morgan fingerprint density at radius 1 is 1.41 bits per heavy atom. The topological polar surface area (TPSA) is 105 Å². The number of thiophene rings is 1. The molecule has 118 valence electrons. The lowest BCUT2D eigenvalue weighted by molar-refractivity contribution is -0.385. The summed E-state index contributed by atoms with van der Waals surface area (Å²) in [5.74, 6) is 0.451. The van der Waals surface area contributed by atoms with Gasteiger partial charge in [0.25, 0.3) is 15.7 Å². The molecule has 0 amide bonds. The Labute approximate surface area is 131 Å². The van der Waals surface area contributed by atoms with Gasteiger partial charge < -0.3 is 5.32 Å². The fraction of sp³-hybridized carbons (Fsp3) is 0.250. The van der Waals surface area contributed by atoms with Crippen LogP contribution in [0.4, 0.5) is 11.5 Å². The molecule has 0 radical (unpaired) electrons. The number of likely N-dealkylation sites (N-methyl/N-ethyl adjacent to an activating group) is 1. The highest BCUT2D eigenvalue weighted by Crippen LogP contribution is 2.19.